The van der Waals surface area contributed by atoms with Crippen LogP contribution in [0.5, 0.6) is 11.5 Å². The van der Waals surface area contributed by atoms with E-state index in [-0.39, 0.29) is 5.78 Å². The van der Waals surface area contributed by atoms with Crippen molar-refractivity contribution in [2.75, 3.05) is 7.11 Å². The number of methoxy groups -OCH3 is 1. The van der Waals surface area contributed by atoms with Gasteiger partial charge in [-0.3, -0.25) is 4.79 Å². The molecule has 0 spiro atoms. The molecule has 4 heteroatoms. The van der Waals surface area contributed by atoms with Crippen LogP contribution < -0.4 is 9.47 Å². The molecule has 0 heterocycles. The van der Waals surface area contributed by atoms with Gasteiger partial charge in [-0.2, -0.15) is 0 Å². The molecule has 1 atom stereocenters. The summed E-state index contributed by atoms with van der Waals surface area (Å²) in [5.41, 5.74) is 0.568. The highest BCUT2D eigenvalue weighted by Gasteiger charge is 2.18. The van der Waals surface area contributed by atoms with Gasteiger partial charge in [0, 0.05) is 5.56 Å². The van der Waals surface area contributed by atoms with E-state index in [9.17, 15) is 4.79 Å². The third kappa shape index (κ3) is 3.58. The number of alkyl halides is 1. The van der Waals surface area contributed by atoms with Crippen molar-refractivity contribution < 1.29 is 14.3 Å². The van der Waals surface area contributed by atoms with Crippen LogP contribution in [0.4, 0.5) is 0 Å². The number of ether oxygens (including phenoxy) is 2. The van der Waals surface area contributed by atoms with E-state index in [0.717, 1.165) is 0 Å². The van der Waals surface area contributed by atoms with Gasteiger partial charge in [-0.1, -0.05) is 18.2 Å². The Labute approximate surface area is 120 Å². The topological polar surface area (TPSA) is 35.5 Å². The molecule has 2 aromatic rings. The Morgan fingerprint density at radius 1 is 1.00 bits per heavy atom. The summed E-state index contributed by atoms with van der Waals surface area (Å²) in [6.07, 6.45) is 0. The first-order chi connectivity index (χ1) is 9.20. The fraction of sp³-hybridized carbons (Fsp3) is 0.133. The monoisotopic (exact) mass is 320 g/mol. The molecule has 98 valence electrons. The average Bonchev–Trinajstić information content (AvgIpc) is 2.47. The molecule has 0 aliphatic heterocycles. The van der Waals surface area contributed by atoms with Crippen molar-refractivity contribution in [3.63, 3.8) is 0 Å². The Morgan fingerprint density at radius 2 is 1.63 bits per heavy atom. The lowest BCUT2D eigenvalue weighted by atomic mass is 10.1. The average molecular weight is 321 g/mol. The molecule has 0 aromatic heterocycles. The standard InChI is InChI=1S/C15H13BrO3/c1-18-12-9-7-11(8-10-12)14(17)15(16)19-13-5-3-2-4-6-13/h2-10,15H,1H3. The van der Waals surface area contributed by atoms with Gasteiger partial charge < -0.3 is 9.47 Å². The van der Waals surface area contributed by atoms with Crippen LogP contribution >= 0.6 is 15.9 Å². The van der Waals surface area contributed by atoms with Crippen LogP contribution in [0, 0.1) is 0 Å². The van der Waals surface area contributed by atoms with Gasteiger partial charge in [0.1, 0.15) is 11.5 Å². The summed E-state index contributed by atoms with van der Waals surface area (Å²) < 4.78 is 10.6. The fourth-order valence-corrected chi connectivity index (χ4v) is 2.04. The molecule has 19 heavy (non-hydrogen) atoms. The van der Waals surface area contributed by atoms with Crippen LogP contribution in [-0.4, -0.2) is 17.9 Å². The van der Waals surface area contributed by atoms with E-state index in [4.69, 9.17) is 9.47 Å². The second-order valence-electron chi connectivity index (χ2n) is 3.84. The van der Waals surface area contributed by atoms with Crippen molar-refractivity contribution in [3.8, 4) is 11.5 Å². The van der Waals surface area contributed by atoms with E-state index in [0.29, 0.717) is 17.1 Å². The van der Waals surface area contributed by atoms with Crippen molar-refractivity contribution >= 4 is 21.7 Å². The zero-order chi connectivity index (χ0) is 13.7. The summed E-state index contributed by atoms with van der Waals surface area (Å²) in [4.78, 5) is 12.1. The molecule has 0 fully saturated rings. The highest BCUT2D eigenvalue weighted by Crippen LogP contribution is 2.19. The van der Waals surface area contributed by atoms with Gasteiger partial charge in [-0.25, -0.2) is 0 Å². The van der Waals surface area contributed by atoms with Crippen LogP contribution in [0.2, 0.25) is 0 Å². The molecule has 2 aromatic carbocycles. The predicted molar refractivity (Wildman–Crippen MR) is 77.1 cm³/mol. The summed E-state index contributed by atoms with van der Waals surface area (Å²) in [5, 5.41) is -0.705. The van der Waals surface area contributed by atoms with Gasteiger partial charge >= 0.3 is 0 Å². The highest BCUT2D eigenvalue weighted by molar-refractivity contribution is 9.09. The quantitative estimate of drug-likeness (QED) is 0.622. The molecule has 0 N–H and O–H groups in total. The van der Waals surface area contributed by atoms with E-state index in [1.807, 2.05) is 18.2 Å². The number of carbonyl (C=O) groups excluding carboxylic acids is 1. The number of Topliss-reactive ketones (excluding diaryl/α,β-unsaturated/α-hetero) is 1. The largest absolute Gasteiger partial charge is 0.497 e. The normalized spacial score (nSPS) is 11.7. The minimum absolute atomic E-state index is 0.133. The molecule has 0 saturated carbocycles. The molecule has 0 radical (unpaired) electrons. The number of hydrogen-bond donors (Lipinski definition) is 0. The molecule has 0 aliphatic carbocycles. The highest BCUT2D eigenvalue weighted by atomic mass is 79.9. The first-order valence-corrected chi connectivity index (χ1v) is 6.66. The first kappa shape index (κ1) is 13.6. The van der Waals surface area contributed by atoms with E-state index in [1.54, 1.807) is 43.5 Å². The van der Waals surface area contributed by atoms with E-state index in [1.165, 1.54) is 0 Å². The number of hydrogen-bond acceptors (Lipinski definition) is 3. The lowest BCUT2D eigenvalue weighted by Gasteiger charge is -2.12. The van der Waals surface area contributed by atoms with Gasteiger partial charge in [-0.15, -0.1) is 0 Å². The maximum absolute atomic E-state index is 12.1. The number of halogens is 1. The molecular weight excluding hydrogens is 308 g/mol. The van der Waals surface area contributed by atoms with Gasteiger partial charge in [0.2, 0.25) is 10.8 Å². The van der Waals surface area contributed by atoms with Crippen LogP contribution in [0.1, 0.15) is 10.4 Å². The van der Waals surface area contributed by atoms with Gasteiger partial charge in [-0.05, 0) is 52.3 Å². The van der Waals surface area contributed by atoms with Crippen molar-refractivity contribution in [1.82, 2.24) is 0 Å². The summed E-state index contributed by atoms with van der Waals surface area (Å²) in [6.45, 7) is 0. The maximum atomic E-state index is 12.1. The molecule has 0 saturated heterocycles. The lowest BCUT2D eigenvalue weighted by Crippen LogP contribution is -2.20. The Hall–Kier alpha value is -1.81. The molecule has 3 nitrogen and oxygen atoms in total. The van der Waals surface area contributed by atoms with Crippen LogP contribution in [0.15, 0.2) is 54.6 Å². The summed E-state index contributed by atoms with van der Waals surface area (Å²) in [6, 6.07) is 16.1. The summed E-state index contributed by atoms with van der Waals surface area (Å²) >= 11 is 3.25. The minimum Gasteiger partial charge on any atom is -0.497 e. The molecule has 0 aliphatic rings. The van der Waals surface area contributed by atoms with Gasteiger partial charge in [0.15, 0.2) is 0 Å². The number of ketones is 1. The van der Waals surface area contributed by atoms with Crippen LogP contribution in [-0.2, 0) is 0 Å². The molecule has 1 unspecified atom stereocenters. The van der Waals surface area contributed by atoms with Crippen LogP contribution in [0.25, 0.3) is 0 Å². The van der Waals surface area contributed by atoms with Crippen molar-refractivity contribution in [2.24, 2.45) is 0 Å². The van der Waals surface area contributed by atoms with Crippen molar-refractivity contribution in [3.05, 3.63) is 60.2 Å². The predicted octanol–water partition coefficient (Wildman–Crippen LogP) is 3.68. The third-order valence-corrected chi connectivity index (χ3v) is 3.17. The number of carbonyl (C=O) groups is 1. The van der Waals surface area contributed by atoms with Gasteiger partial charge in [0.05, 0.1) is 7.11 Å². The Kier molecular flexibility index (Phi) is 4.58. The molecule has 0 amide bonds. The van der Waals surface area contributed by atoms with Crippen molar-refractivity contribution in [1.29, 1.82) is 0 Å². The van der Waals surface area contributed by atoms with Crippen molar-refractivity contribution in [2.45, 2.75) is 5.01 Å². The Bertz CT molecular complexity index is 537. The fourth-order valence-electron chi connectivity index (χ4n) is 1.56. The second kappa shape index (κ2) is 6.38. The number of para-hydroxylation sites is 1. The second-order valence-corrected chi connectivity index (χ2v) is 4.67. The first-order valence-electron chi connectivity index (χ1n) is 5.75. The third-order valence-electron chi connectivity index (χ3n) is 2.56. The van der Waals surface area contributed by atoms with Crippen LogP contribution in [0.3, 0.4) is 0 Å². The number of rotatable bonds is 5. The molecule has 0 bridgehead atoms. The zero-order valence-corrected chi connectivity index (χ0v) is 12.0. The summed E-state index contributed by atoms with van der Waals surface area (Å²) in [5.74, 6) is 1.23. The lowest BCUT2D eigenvalue weighted by molar-refractivity contribution is 0.0897. The van der Waals surface area contributed by atoms with E-state index < -0.39 is 5.01 Å². The Morgan fingerprint density at radius 3 is 2.21 bits per heavy atom. The smallest absolute Gasteiger partial charge is 0.215 e. The van der Waals surface area contributed by atoms with E-state index in [2.05, 4.69) is 15.9 Å². The minimum atomic E-state index is -0.705. The molecular formula is C15H13BrO3. The van der Waals surface area contributed by atoms with E-state index >= 15 is 0 Å². The molecule has 2 rings (SSSR count). The summed E-state index contributed by atoms with van der Waals surface area (Å²) in [7, 11) is 1.59. The number of benzene rings is 2. The maximum Gasteiger partial charge on any atom is 0.215 e. The zero-order valence-electron chi connectivity index (χ0n) is 10.4. The Balaban J connectivity index is 2.06. The SMILES string of the molecule is COc1ccc(C(=O)C(Br)Oc2ccccc2)cc1. The van der Waals surface area contributed by atoms with Gasteiger partial charge in [0.25, 0.3) is 0 Å².